The van der Waals surface area contributed by atoms with Crippen molar-refractivity contribution in [2.75, 3.05) is 13.2 Å². The van der Waals surface area contributed by atoms with Gasteiger partial charge in [0, 0.05) is 11.4 Å². The third-order valence-electron chi connectivity index (χ3n) is 7.44. The van der Waals surface area contributed by atoms with Crippen molar-refractivity contribution in [3.8, 4) is 0 Å². The lowest BCUT2D eigenvalue weighted by Gasteiger charge is -2.56. The van der Waals surface area contributed by atoms with Gasteiger partial charge in [0.05, 0.1) is 24.7 Å². The summed E-state index contributed by atoms with van der Waals surface area (Å²) < 4.78 is 6.41. The number of amides is 2. The average Bonchev–Trinajstić information content (AvgIpc) is 2.90. The van der Waals surface area contributed by atoms with Crippen molar-refractivity contribution in [2.24, 2.45) is 23.7 Å². The molecule has 28 heavy (non-hydrogen) atoms. The molecule has 4 nitrogen and oxygen atoms in total. The SMILES string of the molecule is O=C1C[C@@H](Cc2ccc(Cl)cc2)C(=O)N1CCOC12CC3CC(CC(C3)C1)C2. The number of likely N-dealkylation sites (tertiary alicyclic amines) is 1. The van der Waals surface area contributed by atoms with E-state index in [0.29, 0.717) is 31.0 Å². The van der Waals surface area contributed by atoms with Gasteiger partial charge >= 0.3 is 0 Å². The number of hydrogen-bond donors (Lipinski definition) is 0. The normalized spacial score (nSPS) is 36.5. The van der Waals surface area contributed by atoms with Gasteiger partial charge in [-0.05, 0) is 80.4 Å². The largest absolute Gasteiger partial charge is 0.373 e. The molecular weight excluding hydrogens is 374 g/mol. The number of imide groups is 1. The maximum atomic E-state index is 12.8. The van der Waals surface area contributed by atoms with Crippen LogP contribution in [0.3, 0.4) is 0 Å². The molecule has 150 valence electrons. The summed E-state index contributed by atoms with van der Waals surface area (Å²) in [4.78, 5) is 26.6. The van der Waals surface area contributed by atoms with Crippen LogP contribution < -0.4 is 0 Å². The van der Waals surface area contributed by atoms with Crippen LogP contribution in [0.5, 0.6) is 0 Å². The lowest BCUT2D eigenvalue weighted by Crippen LogP contribution is -2.52. The molecule has 0 N–H and O–H groups in total. The fourth-order valence-electron chi connectivity index (χ4n) is 6.61. The highest BCUT2D eigenvalue weighted by molar-refractivity contribution is 6.30. The third-order valence-corrected chi connectivity index (χ3v) is 7.69. The molecule has 5 aliphatic rings. The van der Waals surface area contributed by atoms with Crippen molar-refractivity contribution >= 4 is 23.4 Å². The van der Waals surface area contributed by atoms with Crippen molar-refractivity contribution in [1.29, 1.82) is 0 Å². The van der Waals surface area contributed by atoms with E-state index < -0.39 is 0 Å². The third kappa shape index (κ3) is 3.50. The number of nitrogens with zero attached hydrogens (tertiary/aromatic N) is 1. The van der Waals surface area contributed by atoms with Crippen LogP contribution in [0, 0.1) is 23.7 Å². The van der Waals surface area contributed by atoms with Crippen molar-refractivity contribution in [3.63, 3.8) is 0 Å². The van der Waals surface area contributed by atoms with Crippen LogP contribution in [0.25, 0.3) is 0 Å². The first-order chi connectivity index (χ1) is 13.5. The van der Waals surface area contributed by atoms with E-state index in [1.54, 1.807) is 0 Å². The van der Waals surface area contributed by atoms with Crippen LogP contribution in [0.1, 0.15) is 50.5 Å². The van der Waals surface area contributed by atoms with Gasteiger partial charge in [-0.3, -0.25) is 14.5 Å². The van der Waals surface area contributed by atoms with Crippen LogP contribution in [0.15, 0.2) is 24.3 Å². The Hall–Kier alpha value is -1.39. The van der Waals surface area contributed by atoms with Crippen molar-refractivity contribution in [1.82, 2.24) is 4.90 Å². The Morgan fingerprint density at radius 1 is 1.00 bits per heavy atom. The van der Waals surface area contributed by atoms with Gasteiger partial charge in [-0.15, -0.1) is 0 Å². The molecule has 0 radical (unpaired) electrons. The van der Waals surface area contributed by atoms with E-state index in [0.717, 1.165) is 23.3 Å². The van der Waals surface area contributed by atoms with E-state index in [4.69, 9.17) is 16.3 Å². The Labute approximate surface area is 171 Å². The van der Waals surface area contributed by atoms with E-state index in [1.165, 1.54) is 43.4 Å². The Morgan fingerprint density at radius 3 is 2.21 bits per heavy atom. The van der Waals surface area contributed by atoms with Gasteiger partial charge in [0.15, 0.2) is 0 Å². The summed E-state index contributed by atoms with van der Waals surface area (Å²) in [6.07, 6.45) is 8.60. The fourth-order valence-corrected chi connectivity index (χ4v) is 6.74. The highest BCUT2D eigenvalue weighted by Crippen LogP contribution is 2.57. The number of hydrogen-bond acceptors (Lipinski definition) is 3. The number of halogens is 1. The number of ether oxygens (including phenoxy) is 1. The van der Waals surface area contributed by atoms with Gasteiger partial charge in [-0.1, -0.05) is 23.7 Å². The molecule has 5 heteroatoms. The minimum Gasteiger partial charge on any atom is -0.373 e. The molecular formula is C23H28ClNO3. The molecule has 4 saturated carbocycles. The van der Waals surface area contributed by atoms with Crippen LogP contribution >= 0.6 is 11.6 Å². The molecule has 1 saturated heterocycles. The van der Waals surface area contributed by atoms with E-state index in [1.807, 2.05) is 24.3 Å². The highest BCUT2D eigenvalue weighted by atomic mass is 35.5. The molecule has 1 aromatic carbocycles. The quantitative estimate of drug-likeness (QED) is 0.669. The van der Waals surface area contributed by atoms with Crippen molar-refractivity contribution in [2.45, 2.75) is 57.0 Å². The lowest BCUT2D eigenvalue weighted by atomic mass is 9.54. The summed E-state index contributed by atoms with van der Waals surface area (Å²) in [6.45, 7) is 0.883. The van der Waals surface area contributed by atoms with E-state index >= 15 is 0 Å². The molecule has 2 amide bonds. The number of benzene rings is 1. The molecule has 5 fully saturated rings. The fraction of sp³-hybridized carbons (Fsp3) is 0.652. The summed E-state index contributed by atoms with van der Waals surface area (Å²) in [5, 5.41) is 0.682. The molecule has 0 spiro atoms. The zero-order valence-corrected chi connectivity index (χ0v) is 17.0. The van der Waals surface area contributed by atoms with Crippen molar-refractivity contribution < 1.29 is 14.3 Å². The van der Waals surface area contributed by atoms with Gasteiger partial charge in [-0.25, -0.2) is 0 Å². The summed E-state index contributed by atoms with van der Waals surface area (Å²) in [5.41, 5.74) is 1.07. The second kappa shape index (κ2) is 7.14. The first kappa shape index (κ1) is 18.6. The van der Waals surface area contributed by atoms with Crippen molar-refractivity contribution in [3.05, 3.63) is 34.9 Å². The molecule has 0 unspecified atom stereocenters. The predicted octanol–water partition coefficient (Wildman–Crippen LogP) is 4.24. The van der Waals surface area contributed by atoms with Crippen LogP contribution in [-0.4, -0.2) is 35.5 Å². The smallest absolute Gasteiger partial charge is 0.233 e. The number of carbonyl (C=O) groups excluding carboxylic acids is 2. The molecule has 0 aromatic heterocycles. The van der Waals surface area contributed by atoms with Crippen LogP contribution in [0.2, 0.25) is 5.02 Å². The van der Waals surface area contributed by atoms with Gasteiger partial charge in [0.1, 0.15) is 0 Å². The summed E-state index contributed by atoms with van der Waals surface area (Å²) in [7, 11) is 0. The molecule has 1 aromatic rings. The van der Waals surface area contributed by atoms with E-state index in [2.05, 4.69) is 0 Å². The topological polar surface area (TPSA) is 46.6 Å². The Bertz CT molecular complexity index is 739. The predicted molar refractivity (Wildman–Crippen MR) is 107 cm³/mol. The lowest BCUT2D eigenvalue weighted by molar-refractivity contribution is -0.167. The van der Waals surface area contributed by atoms with Gasteiger partial charge in [-0.2, -0.15) is 0 Å². The van der Waals surface area contributed by atoms with Crippen LogP contribution in [0.4, 0.5) is 0 Å². The number of carbonyl (C=O) groups is 2. The number of rotatable bonds is 6. The van der Waals surface area contributed by atoms with Gasteiger partial charge in [0.25, 0.3) is 0 Å². The zero-order valence-electron chi connectivity index (χ0n) is 16.2. The summed E-state index contributed by atoms with van der Waals surface area (Å²) in [6, 6.07) is 7.52. The van der Waals surface area contributed by atoms with E-state index in [9.17, 15) is 9.59 Å². The second-order valence-electron chi connectivity index (χ2n) is 9.56. The molecule has 1 heterocycles. The molecule has 4 aliphatic carbocycles. The maximum absolute atomic E-state index is 12.8. The van der Waals surface area contributed by atoms with E-state index in [-0.39, 0.29) is 23.3 Å². The molecule has 4 bridgehead atoms. The summed E-state index contributed by atoms with van der Waals surface area (Å²) >= 11 is 5.93. The maximum Gasteiger partial charge on any atom is 0.233 e. The molecule has 6 rings (SSSR count). The zero-order chi connectivity index (χ0) is 19.3. The Balaban J connectivity index is 1.16. The second-order valence-corrected chi connectivity index (χ2v) is 10.0. The minimum atomic E-state index is -0.256. The monoisotopic (exact) mass is 401 g/mol. The summed E-state index contributed by atoms with van der Waals surface area (Å²) in [5.74, 6) is 2.15. The Morgan fingerprint density at radius 2 is 1.61 bits per heavy atom. The first-order valence-electron chi connectivity index (χ1n) is 10.7. The molecule has 1 atom stereocenters. The van der Waals surface area contributed by atoms with Gasteiger partial charge in [0.2, 0.25) is 11.8 Å². The minimum absolute atomic E-state index is 0.0310. The van der Waals surface area contributed by atoms with Gasteiger partial charge < -0.3 is 4.74 Å². The highest BCUT2D eigenvalue weighted by Gasteiger charge is 2.51. The molecule has 1 aliphatic heterocycles. The van der Waals surface area contributed by atoms with Crippen LogP contribution in [-0.2, 0) is 20.7 Å². The Kier molecular flexibility index (Phi) is 4.75. The first-order valence-corrected chi connectivity index (χ1v) is 11.1. The standard InChI is InChI=1S/C23H28ClNO3/c24-20-3-1-15(2-4-20)10-19-11-21(26)25(22(19)27)5-6-28-23-12-16-7-17(13-23)9-18(8-16)14-23/h1-4,16-19H,5-14H2/t16?,17?,18?,19-,23?/m1/s1. The average molecular weight is 402 g/mol.